The molecule has 1 saturated heterocycles. The molecule has 3 rings (SSSR count). The monoisotopic (exact) mass is 275 g/mol. The molecule has 7 nitrogen and oxygen atoms in total. The Balaban J connectivity index is 2.12. The van der Waals surface area contributed by atoms with Gasteiger partial charge < -0.3 is 10.0 Å². The molecule has 20 heavy (non-hydrogen) atoms. The lowest BCUT2D eigenvalue weighted by Crippen LogP contribution is -2.51. The molecule has 0 saturated carbocycles. The van der Waals surface area contributed by atoms with Crippen LogP contribution in [0.2, 0.25) is 0 Å². The highest BCUT2D eigenvalue weighted by molar-refractivity contribution is 5.85. The first-order chi connectivity index (χ1) is 9.69. The van der Waals surface area contributed by atoms with Crippen LogP contribution in [0.3, 0.4) is 0 Å². The number of nitrogens with zero attached hydrogens (tertiary/aromatic N) is 5. The largest absolute Gasteiger partial charge is 0.479 e. The Hall–Kier alpha value is -2.18. The van der Waals surface area contributed by atoms with Crippen molar-refractivity contribution in [3.05, 3.63) is 18.7 Å². The van der Waals surface area contributed by atoms with Crippen molar-refractivity contribution in [2.24, 2.45) is 0 Å². The zero-order valence-electron chi connectivity index (χ0n) is 11.4. The van der Waals surface area contributed by atoms with Gasteiger partial charge in [0.05, 0.1) is 0 Å². The minimum Gasteiger partial charge on any atom is -0.479 e. The maximum absolute atomic E-state index is 11.9. The smallest absolute Gasteiger partial charge is 0.329 e. The number of aromatic nitrogens is 4. The Morgan fingerprint density at radius 2 is 2.40 bits per heavy atom. The third kappa shape index (κ3) is 1.73. The molecule has 0 aromatic carbocycles. The molecule has 1 unspecified atom stereocenters. The van der Waals surface area contributed by atoms with Crippen molar-refractivity contribution in [2.75, 3.05) is 11.4 Å². The van der Waals surface area contributed by atoms with Crippen molar-refractivity contribution in [2.45, 2.75) is 38.1 Å². The van der Waals surface area contributed by atoms with Crippen LogP contribution in [0.5, 0.6) is 0 Å². The van der Waals surface area contributed by atoms with Gasteiger partial charge >= 0.3 is 5.97 Å². The van der Waals surface area contributed by atoms with Crippen LogP contribution in [0.15, 0.2) is 18.7 Å². The molecular formula is C13H17N5O2. The van der Waals surface area contributed by atoms with Gasteiger partial charge in [-0.05, 0) is 19.3 Å². The topological polar surface area (TPSA) is 83.6 Å². The molecule has 1 N–H and O–H groups in total. The molecule has 1 fully saturated rings. The van der Waals surface area contributed by atoms with Crippen LogP contribution in [0.25, 0.3) is 5.65 Å². The van der Waals surface area contributed by atoms with Crippen molar-refractivity contribution >= 4 is 17.4 Å². The minimum atomic E-state index is -0.866. The summed E-state index contributed by atoms with van der Waals surface area (Å²) in [4.78, 5) is 18.1. The predicted octanol–water partition coefficient (Wildman–Crippen LogP) is 1.35. The van der Waals surface area contributed by atoms with E-state index >= 15 is 0 Å². The average molecular weight is 275 g/mol. The first-order valence-corrected chi connectivity index (χ1v) is 6.84. The fraction of sp³-hybridized carbons (Fsp3) is 0.538. The van der Waals surface area contributed by atoms with Gasteiger partial charge in [-0.2, -0.15) is 0 Å². The van der Waals surface area contributed by atoms with E-state index in [1.807, 2.05) is 11.8 Å². The van der Waals surface area contributed by atoms with E-state index in [0.717, 1.165) is 12.8 Å². The molecule has 0 amide bonds. The molecule has 0 spiro atoms. The lowest BCUT2D eigenvalue weighted by molar-refractivity contribution is -0.143. The number of carbonyl (C=O) groups is 1. The Morgan fingerprint density at radius 3 is 3.15 bits per heavy atom. The summed E-state index contributed by atoms with van der Waals surface area (Å²) in [5.41, 5.74) is -0.258. The van der Waals surface area contributed by atoms with Gasteiger partial charge in [0.15, 0.2) is 5.82 Å². The number of hydrogen-bond acceptors (Lipinski definition) is 5. The van der Waals surface area contributed by atoms with Gasteiger partial charge in [-0.1, -0.05) is 13.3 Å². The molecular weight excluding hydrogens is 258 g/mol. The van der Waals surface area contributed by atoms with Gasteiger partial charge in [0.25, 0.3) is 0 Å². The summed E-state index contributed by atoms with van der Waals surface area (Å²) in [7, 11) is 0. The third-order valence-corrected chi connectivity index (χ3v) is 4.00. The maximum atomic E-state index is 11.9. The second-order valence-corrected chi connectivity index (χ2v) is 5.15. The van der Waals surface area contributed by atoms with Gasteiger partial charge in [-0.25, -0.2) is 9.78 Å². The van der Waals surface area contributed by atoms with E-state index in [-0.39, 0.29) is 0 Å². The Morgan fingerprint density at radius 1 is 1.55 bits per heavy atom. The van der Waals surface area contributed by atoms with Crippen molar-refractivity contribution in [3.63, 3.8) is 0 Å². The molecule has 2 aromatic rings. The highest BCUT2D eigenvalue weighted by Crippen LogP contribution is 2.38. The highest BCUT2D eigenvalue weighted by Gasteiger charge is 2.48. The normalized spacial score (nSPS) is 22.6. The molecule has 0 bridgehead atoms. The summed E-state index contributed by atoms with van der Waals surface area (Å²) >= 11 is 0. The quantitative estimate of drug-likeness (QED) is 0.906. The van der Waals surface area contributed by atoms with E-state index in [2.05, 4.69) is 15.2 Å². The van der Waals surface area contributed by atoms with Crippen LogP contribution in [-0.2, 0) is 4.79 Å². The van der Waals surface area contributed by atoms with Gasteiger partial charge in [-0.3, -0.25) is 4.40 Å². The molecule has 106 valence electrons. The minimum absolute atomic E-state index is 0.608. The maximum Gasteiger partial charge on any atom is 0.329 e. The van der Waals surface area contributed by atoms with E-state index in [0.29, 0.717) is 30.9 Å². The second kappa shape index (κ2) is 4.73. The zero-order chi connectivity index (χ0) is 14.2. The standard InChI is InChI=1S/C13H17N5O2/c1-2-4-13(12(19)20)5-3-7-18(13)10-11-16-15-9-17(11)8-6-14-10/h6,8-9H,2-5,7H2,1H3,(H,19,20). The van der Waals surface area contributed by atoms with Crippen molar-refractivity contribution in [1.29, 1.82) is 0 Å². The number of fused-ring (bicyclic) bond motifs is 1. The lowest BCUT2D eigenvalue weighted by Gasteiger charge is -2.35. The van der Waals surface area contributed by atoms with Crippen LogP contribution in [0.1, 0.15) is 32.6 Å². The summed E-state index contributed by atoms with van der Waals surface area (Å²) in [6, 6.07) is 0. The number of carboxylic acid groups (broad SMARTS) is 1. The van der Waals surface area contributed by atoms with Crippen LogP contribution in [0, 0.1) is 0 Å². The van der Waals surface area contributed by atoms with Crippen LogP contribution in [-0.4, -0.2) is 42.7 Å². The van der Waals surface area contributed by atoms with Crippen molar-refractivity contribution in [1.82, 2.24) is 19.6 Å². The van der Waals surface area contributed by atoms with Crippen LogP contribution < -0.4 is 4.90 Å². The molecule has 2 aromatic heterocycles. The van der Waals surface area contributed by atoms with Gasteiger partial charge in [0.2, 0.25) is 5.65 Å². The first-order valence-electron chi connectivity index (χ1n) is 6.84. The Bertz CT molecular complexity index is 640. The lowest BCUT2D eigenvalue weighted by atomic mass is 9.90. The van der Waals surface area contributed by atoms with Gasteiger partial charge in [-0.15, -0.1) is 10.2 Å². The third-order valence-electron chi connectivity index (χ3n) is 4.00. The first kappa shape index (κ1) is 12.8. The molecule has 7 heteroatoms. The molecule has 1 aliphatic rings. The van der Waals surface area contributed by atoms with E-state index in [1.54, 1.807) is 23.1 Å². The van der Waals surface area contributed by atoms with E-state index in [9.17, 15) is 9.90 Å². The Labute approximate surface area is 116 Å². The molecule has 1 aliphatic heterocycles. The SMILES string of the molecule is CCCC1(C(=O)O)CCCN1c1nccn2cnnc12. The summed E-state index contributed by atoms with van der Waals surface area (Å²) in [5, 5.41) is 17.7. The second-order valence-electron chi connectivity index (χ2n) is 5.15. The molecule has 0 aliphatic carbocycles. The van der Waals surface area contributed by atoms with Crippen LogP contribution in [0.4, 0.5) is 5.82 Å². The fourth-order valence-corrected chi connectivity index (χ4v) is 3.13. The average Bonchev–Trinajstić information content (AvgIpc) is 3.05. The molecule has 1 atom stereocenters. The van der Waals surface area contributed by atoms with E-state index in [4.69, 9.17) is 0 Å². The van der Waals surface area contributed by atoms with E-state index in [1.165, 1.54) is 0 Å². The van der Waals surface area contributed by atoms with E-state index < -0.39 is 11.5 Å². The number of aliphatic carboxylic acids is 1. The summed E-state index contributed by atoms with van der Waals surface area (Å²) < 4.78 is 1.76. The summed E-state index contributed by atoms with van der Waals surface area (Å²) in [6.07, 6.45) is 7.94. The van der Waals surface area contributed by atoms with Gasteiger partial charge in [0.1, 0.15) is 11.9 Å². The summed E-state index contributed by atoms with van der Waals surface area (Å²) in [5.74, 6) is -0.168. The Kier molecular flexibility index (Phi) is 3.04. The van der Waals surface area contributed by atoms with Crippen molar-refractivity contribution in [3.8, 4) is 0 Å². The number of anilines is 1. The predicted molar refractivity (Wildman–Crippen MR) is 72.6 cm³/mol. The number of carboxylic acids is 1. The fourth-order valence-electron chi connectivity index (χ4n) is 3.13. The number of hydrogen-bond donors (Lipinski definition) is 1. The molecule has 0 radical (unpaired) electrons. The zero-order valence-corrected chi connectivity index (χ0v) is 11.4. The number of rotatable bonds is 4. The van der Waals surface area contributed by atoms with Crippen LogP contribution >= 0.6 is 0 Å². The molecule has 3 heterocycles. The van der Waals surface area contributed by atoms with Crippen molar-refractivity contribution < 1.29 is 9.90 Å². The highest BCUT2D eigenvalue weighted by atomic mass is 16.4. The summed E-state index contributed by atoms with van der Waals surface area (Å²) in [6.45, 7) is 2.69. The van der Waals surface area contributed by atoms with Gasteiger partial charge in [0, 0.05) is 18.9 Å².